The zero-order valence-corrected chi connectivity index (χ0v) is 33.7. The average Bonchev–Trinajstić information content (AvgIpc) is 3.75. The van der Waals surface area contributed by atoms with Crippen molar-refractivity contribution in [1.29, 1.82) is 0 Å². The zero-order chi connectivity index (χ0) is 39.1. The van der Waals surface area contributed by atoms with Crippen molar-refractivity contribution < 1.29 is 18.9 Å². The number of fused-ring (bicyclic) bond motifs is 6. The Morgan fingerprint density at radius 3 is 1.52 bits per heavy atom. The van der Waals surface area contributed by atoms with Crippen LogP contribution in [0.3, 0.4) is 0 Å². The van der Waals surface area contributed by atoms with Gasteiger partial charge in [0.05, 0.1) is 68.3 Å². The first-order valence-corrected chi connectivity index (χ1v) is 21.1. The van der Waals surface area contributed by atoms with Gasteiger partial charge in [0.1, 0.15) is 0 Å². The first kappa shape index (κ1) is 37.1. The van der Waals surface area contributed by atoms with Gasteiger partial charge in [0.2, 0.25) is 0 Å². The molecule has 2 fully saturated rings. The highest BCUT2D eigenvalue weighted by molar-refractivity contribution is 6.10. The molecule has 2 aliphatic heterocycles. The number of aromatic nitrogens is 2. The second-order valence-corrected chi connectivity index (χ2v) is 16.8. The molecule has 2 aliphatic rings. The molecule has 0 radical (unpaired) electrons. The third kappa shape index (κ3) is 6.72. The Kier molecular flexibility index (Phi) is 9.90. The van der Waals surface area contributed by atoms with Crippen LogP contribution in [-0.2, 0) is 32.0 Å². The minimum absolute atomic E-state index is 0.218. The zero-order valence-electron chi connectivity index (χ0n) is 33.7. The number of para-hydroxylation sites is 2. The molecule has 0 spiro atoms. The van der Waals surface area contributed by atoms with Gasteiger partial charge in [-0.1, -0.05) is 86.6 Å². The van der Waals surface area contributed by atoms with Crippen molar-refractivity contribution in [3.05, 3.63) is 145 Å². The highest BCUT2D eigenvalue weighted by Crippen LogP contribution is 2.37. The fourth-order valence-electron chi connectivity index (χ4n) is 9.10. The van der Waals surface area contributed by atoms with E-state index in [1.54, 1.807) is 0 Å². The lowest BCUT2D eigenvalue weighted by molar-refractivity contribution is -0.149. The molecule has 294 valence electrons. The quantitative estimate of drug-likeness (QED) is 0.0975. The van der Waals surface area contributed by atoms with E-state index in [0.717, 1.165) is 83.3 Å². The summed E-state index contributed by atoms with van der Waals surface area (Å²) >= 11 is 0. The molecule has 8 aromatic rings. The van der Waals surface area contributed by atoms with Gasteiger partial charge in [-0.05, 0) is 109 Å². The van der Waals surface area contributed by atoms with Crippen LogP contribution in [0, 0.1) is 10.8 Å². The van der Waals surface area contributed by atoms with Gasteiger partial charge in [0, 0.05) is 50.4 Å². The van der Waals surface area contributed by atoms with E-state index in [1.807, 2.05) is 0 Å². The van der Waals surface area contributed by atoms with E-state index in [2.05, 4.69) is 156 Å². The van der Waals surface area contributed by atoms with Crippen molar-refractivity contribution in [3.8, 4) is 22.5 Å². The van der Waals surface area contributed by atoms with Crippen molar-refractivity contribution in [2.75, 3.05) is 46.2 Å². The van der Waals surface area contributed by atoms with Gasteiger partial charge in [-0.25, -0.2) is 0 Å². The molecule has 6 aromatic carbocycles. The smallest absolute Gasteiger partial charge is 0.0717 e. The lowest BCUT2D eigenvalue weighted by atomic mass is 9.80. The van der Waals surface area contributed by atoms with Gasteiger partial charge < -0.3 is 28.1 Å². The topological polar surface area (TPSA) is 46.8 Å². The van der Waals surface area contributed by atoms with Crippen LogP contribution in [0.5, 0.6) is 0 Å². The van der Waals surface area contributed by atoms with Gasteiger partial charge in [-0.3, -0.25) is 0 Å². The minimum atomic E-state index is 0.218. The van der Waals surface area contributed by atoms with Gasteiger partial charge in [-0.2, -0.15) is 0 Å². The Bertz CT molecular complexity index is 2520. The third-order valence-corrected chi connectivity index (χ3v) is 13.2. The van der Waals surface area contributed by atoms with Crippen LogP contribution >= 0.6 is 0 Å². The predicted octanol–water partition coefficient (Wildman–Crippen LogP) is 11.9. The monoisotopic (exact) mass is 768 g/mol. The minimum Gasteiger partial charge on any atom is -0.380 e. The van der Waals surface area contributed by atoms with Crippen LogP contribution in [0.2, 0.25) is 0 Å². The summed E-state index contributed by atoms with van der Waals surface area (Å²) in [5.74, 6) is 0. The molecular formula is C52H52N2O4. The van der Waals surface area contributed by atoms with Gasteiger partial charge >= 0.3 is 0 Å². The molecule has 58 heavy (non-hydrogen) atoms. The van der Waals surface area contributed by atoms with E-state index >= 15 is 0 Å². The normalized spacial score (nSPS) is 16.0. The standard InChI is InChI=1S/C52H52N2O4/c1-3-51(32-57-33-51)26-28-55-31-38-14-24-50-46(30-38)44-10-6-8-12-48(44)54(50)42-21-17-40(18-22-42)39-15-19-41(20-16-39)53-47-11-7-5-9-43(47)45-29-37(13-23-49(45)53)25-27-56-34-52(4-2)35-58-36-52/h5-24,29-30H,3-4,25-28,31-36H2,1-2H3. The molecular weight excluding hydrogens is 717 g/mol. The highest BCUT2D eigenvalue weighted by Gasteiger charge is 2.37. The second kappa shape index (κ2) is 15.5. The van der Waals surface area contributed by atoms with Crippen LogP contribution in [-0.4, -0.2) is 55.4 Å². The summed E-state index contributed by atoms with van der Waals surface area (Å²) in [5.41, 5.74) is 12.6. The number of ether oxygens (including phenoxy) is 4. The summed E-state index contributed by atoms with van der Waals surface area (Å²) in [6, 6.07) is 49.1. The summed E-state index contributed by atoms with van der Waals surface area (Å²) in [4.78, 5) is 0. The van der Waals surface area contributed by atoms with Crippen LogP contribution in [0.25, 0.3) is 66.1 Å². The van der Waals surface area contributed by atoms with E-state index < -0.39 is 0 Å². The summed E-state index contributed by atoms with van der Waals surface area (Å²) in [6.07, 6.45) is 4.20. The van der Waals surface area contributed by atoms with Crippen LogP contribution in [0.1, 0.15) is 44.2 Å². The SMILES string of the molecule is CCC1(CCOCc2ccc3c(c2)c2ccccc2n3-c2ccc(-c3ccc(-n4c5ccccc5c5cc(CCOCC6(CC)COC6)ccc54)cc3)cc2)COC1. The van der Waals surface area contributed by atoms with E-state index in [1.165, 1.54) is 65.9 Å². The van der Waals surface area contributed by atoms with Crippen LogP contribution in [0.15, 0.2) is 133 Å². The Balaban J connectivity index is 0.874. The predicted molar refractivity (Wildman–Crippen MR) is 236 cm³/mol. The average molecular weight is 769 g/mol. The lowest BCUT2D eigenvalue weighted by Gasteiger charge is -2.40. The van der Waals surface area contributed by atoms with Gasteiger partial charge in [0.15, 0.2) is 0 Å². The molecule has 2 aromatic heterocycles. The van der Waals surface area contributed by atoms with E-state index in [9.17, 15) is 0 Å². The summed E-state index contributed by atoms with van der Waals surface area (Å²) < 4.78 is 28.1. The number of hydrogen-bond donors (Lipinski definition) is 0. The molecule has 10 rings (SSSR count). The number of hydrogen-bond acceptors (Lipinski definition) is 4. The van der Waals surface area contributed by atoms with Crippen LogP contribution in [0.4, 0.5) is 0 Å². The molecule has 6 heteroatoms. The molecule has 6 nitrogen and oxygen atoms in total. The Morgan fingerprint density at radius 2 is 1.00 bits per heavy atom. The number of nitrogens with zero attached hydrogens (tertiary/aromatic N) is 2. The number of benzene rings is 6. The maximum absolute atomic E-state index is 6.19. The van der Waals surface area contributed by atoms with E-state index in [-0.39, 0.29) is 5.41 Å². The number of rotatable bonds is 15. The lowest BCUT2D eigenvalue weighted by Crippen LogP contribution is -2.45. The molecule has 2 saturated heterocycles. The van der Waals surface area contributed by atoms with Crippen molar-refractivity contribution in [2.45, 2.75) is 46.1 Å². The molecule has 0 aliphatic carbocycles. The van der Waals surface area contributed by atoms with Crippen molar-refractivity contribution in [3.63, 3.8) is 0 Å². The Morgan fingerprint density at radius 1 is 0.500 bits per heavy atom. The molecule has 0 unspecified atom stereocenters. The first-order valence-electron chi connectivity index (χ1n) is 21.1. The summed E-state index contributed by atoms with van der Waals surface area (Å²) in [6.45, 7) is 10.7. The second-order valence-electron chi connectivity index (χ2n) is 16.8. The van der Waals surface area contributed by atoms with Crippen molar-refractivity contribution in [1.82, 2.24) is 9.13 Å². The Hall–Kier alpha value is -5.24. The maximum atomic E-state index is 6.19. The molecule has 0 bridgehead atoms. The molecule has 0 amide bonds. The van der Waals surface area contributed by atoms with Crippen molar-refractivity contribution >= 4 is 43.6 Å². The van der Waals surface area contributed by atoms with Crippen LogP contribution < -0.4 is 0 Å². The fourth-order valence-corrected chi connectivity index (χ4v) is 9.10. The highest BCUT2D eigenvalue weighted by atomic mass is 16.5. The summed E-state index contributed by atoms with van der Waals surface area (Å²) in [5, 5.41) is 5.06. The molecule has 0 saturated carbocycles. The van der Waals surface area contributed by atoms with Crippen molar-refractivity contribution in [2.24, 2.45) is 10.8 Å². The Labute approximate surface area is 340 Å². The fraction of sp³-hybridized carbons (Fsp3) is 0.308. The third-order valence-electron chi connectivity index (χ3n) is 13.2. The van der Waals surface area contributed by atoms with E-state index in [4.69, 9.17) is 18.9 Å². The van der Waals surface area contributed by atoms with Gasteiger partial charge in [0.25, 0.3) is 0 Å². The first-order chi connectivity index (χ1) is 28.6. The summed E-state index contributed by atoms with van der Waals surface area (Å²) in [7, 11) is 0. The molecule has 0 atom stereocenters. The molecule has 4 heterocycles. The molecule has 0 N–H and O–H groups in total. The maximum Gasteiger partial charge on any atom is 0.0717 e. The van der Waals surface area contributed by atoms with E-state index in [0.29, 0.717) is 12.0 Å². The largest absolute Gasteiger partial charge is 0.380 e. The van der Waals surface area contributed by atoms with Gasteiger partial charge in [-0.15, -0.1) is 0 Å².